The number of nitrogens with zero attached hydrogens (tertiary/aromatic N) is 4. The number of likely N-dealkylation sites (tertiary alicyclic amines) is 2. The van der Waals surface area contributed by atoms with Crippen molar-refractivity contribution in [2.45, 2.75) is 38.5 Å². The molecule has 2 saturated heterocycles. The Balaban J connectivity index is 1.53. The molecule has 0 radical (unpaired) electrons. The molecule has 1 atom stereocenters. The van der Waals surface area contributed by atoms with Crippen LogP contribution in [-0.2, 0) is 4.79 Å². The number of aryl methyl sites for hydroxylation is 1. The van der Waals surface area contributed by atoms with Crippen molar-refractivity contribution in [3.63, 3.8) is 0 Å². The fourth-order valence-corrected chi connectivity index (χ4v) is 3.29. The van der Waals surface area contributed by atoms with Crippen LogP contribution >= 0.6 is 0 Å². The number of hydrogen-bond acceptors (Lipinski definition) is 4. The van der Waals surface area contributed by atoms with E-state index in [1.54, 1.807) is 0 Å². The highest BCUT2D eigenvalue weighted by atomic mass is 16.2. The largest absolute Gasteiger partial charge is 0.342 e. The number of amides is 1. The lowest BCUT2D eigenvalue weighted by atomic mass is 10.1. The Morgan fingerprint density at radius 2 is 2.10 bits per heavy atom. The first-order valence-electron chi connectivity index (χ1n) is 8.02. The number of rotatable bonds is 3. The average molecular weight is 288 g/mol. The summed E-state index contributed by atoms with van der Waals surface area (Å²) in [5.41, 5.74) is 1.02. The Morgan fingerprint density at radius 1 is 1.29 bits per heavy atom. The molecule has 2 aliphatic rings. The summed E-state index contributed by atoms with van der Waals surface area (Å²) in [6.45, 7) is 6.32. The van der Waals surface area contributed by atoms with E-state index in [9.17, 15) is 4.79 Å². The maximum Gasteiger partial charge on any atom is 0.236 e. The Kier molecular flexibility index (Phi) is 4.48. The molecule has 1 amide bonds. The molecule has 1 aromatic heterocycles. The molecule has 0 aromatic carbocycles. The van der Waals surface area contributed by atoms with Gasteiger partial charge in [-0.05, 0) is 45.2 Å². The van der Waals surface area contributed by atoms with Gasteiger partial charge in [-0.1, -0.05) is 0 Å². The first kappa shape index (κ1) is 14.4. The zero-order chi connectivity index (χ0) is 14.7. The molecule has 0 spiro atoms. The fraction of sp³-hybridized carbons (Fsp3) is 0.688. The van der Waals surface area contributed by atoms with Gasteiger partial charge in [-0.3, -0.25) is 9.69 Å². The van der Waals surface area contributed by atoms with E-state index < -0.39 is 0 Å². The second-order valence-corrected chi connectivity index (χ2v) is 6.22. The van der Waals surface area contributed by atoms with E-state index in [2.05, 4.69) is 14.9 Å². The highest BCUT2D eigenvalue weighted by Crippen LogP contribution is 2.24. The lowest BCUT2D eigenvalue weighted by molar-refractivity contribution is -0.133. The SMILES string of the molecule is Cc1ccnc([C@@H]2CCN(CC(=O)N3CCCCC3)C2)n1. The van der Waals surface area contributed by atoms with E-state index >= 15 is 0 Å². The third kappa shape index (κ3) is 3.59. The minimum atomic E-state index is 0.292. The molecule has 0 unspecified atom stereocenters. The van der Waals surface area contributed by atoms with E-state index in [0.717, 1.165) is 57.0 Å². The van der Waals surface area contributed by atoms with Crippen LogP contribution in [0.1, 0.15) is 43.1 Å². The summed E-state index contributed by atoms with van der Waals surface area (Å²) in [6.07, 6.45) is 6.47. The van der Waals surface area contributed by atoms with Gasteiger partial charge in [0, 0.05) is 37.4 Å². The molecule has 1 aromatic rings. The third-order valence-electron chi connectivity index (χ3n) is 4.52. The van der Waals surface area contributed by atoms with Crippen LogP contribution in [0.2, 0.25) is 0 Å². The maximum atomic E-state index is 12.3. The van der Waals surface area contributed by atoms with Gasteiger partial charge in [0.1, 0.15) is 5.82 Å². The van der Waals surface area contributed by atoms with Crippen molar-refractivity contribution in [2.75, 3.05) is 32.7 Å². The predicted molar refractivity (Wildman–Crippen MR) is 81.0 cm³/mol. The summed E-state index contributed by atoms with van der Waals surface area (Å²) >= 11 is 0. The van der Waals surface area contributed by atoms with Crippen LogP contribution in [0.15, 0.2) is 12.3 Å². The summed E-state index contributed by atoms with van der Waals surface area (Å²) in [6, 6.07) is 1.93. The van der Waals surface area contributed by atoms with Gasteiger partial charge >= 0.3 is 0 Å². The van der Waals surface area contributed by atoms with E-state index in [-0.39, 0.29) is 0 Å². The van der Waals surface area contributed by atoms with Crippen LogP contribution < -0.4 is 0 Å². The molecule has 3 heterocycles. The van der Waals surface area contributed by atoms with Gasteiger partial charge in [-0.2, -0.15) is 0 Å². The summed E-state index contributed by atoms with van der Waals surface area (Å²) in [7, 11) is 0. The minimum absolute atomic E-state index is 0.292. The second kappa shape index (κ2) is 6.52. The van der Waals surface area contributed by atoms with Crippen molar-refractivity contribution in [3.05, 3.63) is 23.8 Å². The molecule has 5 heteroatoms. The summed E-state index contributed by atoms with van der Waals surface area (Å²) in [4.78, 5) is 25.5. The lowest BCUT2D eigenvalue weighted by Gasteiger charge is -2.28. The van der Waals surface area contributed by atoms with Gasteiger partial charge in [-0.25, -0.2) is 9.97 Å². The number of piperidine rings is 1. The normalized spacial score (nSPS) is 23.5. The Bertz CT molecular complexity index is 499. The van der Waals surface area contributed by atoms with Crippen molar-refractivity contribution in [1.82, 2.24) is 19.8 Å². The van der Waals surface area contributed by atoms with Crippen LogP contribution in [0, 0.1) is 6.92 Å². The van der Waals surface area contributed by atoms with Gasteiger partial charge < -0.3 is 4.90 Å². The van der Waals surface area contributed by atoms with Crippen LogP contribution in [0.3, 0.4) is 0 Å². The molecule has 0 bridgehead atoms. The molecule has 2 fully saturated rings. The summed E-state index contributed by atoms with van der Waals surface area (Å²) in [5, 5.41) is 0. The zero-order valence-corrected chi connectivity index (χ0v) is 12.8. The standard InChI is InChI=1S/C16H24N4O/c1-13-5-7-17-16(18-13)14-6-10-19(11-14)12-15(21)20-8-3-2-4-9-20/h5,7,14H,2-4,6,8-12H2,1H3/t14-/m1/s1. The highest BCUT2D eigenvalue weighted by Gasteiger charge is 2.28. The number of carbonyl (C=O) groups excluding carboxylic acids is 1. The Morgan fingerprint density at radius 3 is 2.86 bits per heavy atom. The first-order chi connectivity index (χ1) is 10.2. The Labute approximate surface area is 126 Å². The van der Waals surface area contributed by atoms with E-state index in [1.807, 2.05) is 24.1 Å². The molecule has 0 aliphatic carbocycles. The molecule has 5 nitrogen and oxygen atoms in total. The van der Waals surface area contributed by atoms with Gasteiger partial charge in [0.15, 0.2) is 0 Å². The van der Waals surface area contributed by atoms with Crippen molar-refractivity contribution >= 4 is 5.91 Å². The number of hydrogen-bond donors (Lipinski definition) is 0. The topological polar surface area (TPSA) is 49.3 Å². The van der Waals surface area contributed by atoms with Gasteiger partial charge in [-0.15, -0.1) is 0 Å². The van der Waals surface area contributed by atoms with Crippen LogP contribution in [0.5, 0.6) is 0 Å². The minimum Gasteiger partial charge on any atom is -0.342 e. The van der Waals surface area contributed by atoms with Crippen LogP contribution in [0.4, 0.5) is 0 Å². The third-order valence-corrected chi connectivity index (χ3v) is 4.52. The zero-order valence-electron chi connectivity index (χ0n) is 12.8. The molecule has 21 heavy (non-hydrogen) atoms. The quantitative estimate of drug-likeness (QED) is 0.847. The second-order valence-electron chi connectivity index (χ2n) is 6.22. The van der Waals surface area contributed by atoms with Crippen molar-refractivity contribution < 1.29 is 4.79 Å². The molecule has 2 aliphatic heterocycles. The van der Waals surface area contributed by atoms with Crippen molar-refractivity contribution in [3.8, 4) is 0 Å². The molecule has 114 valence electrons. The number of aromatic nitrogens is 2. The highest BCUT2D eigenvalue weighted by molar-refractivity contribution is 5.78. The Hall–Kier alpha value is -1.49. The van der Waals surface area contributed by atoms with Crippen molar-refractivity contribution in [2.24, 2.45) is 0 Å². The summed E-state index contributed by atoms with van der Waals surface area (Å²) < 4.78 is 0. The molecule has 3 rings (SSSR count). The molecule has 0 N–H and O–H groups in total. The molecular formula is C16H24N4O. The summed E-state index contributed by atoms with van der Waals surface area (Å²) in [5.74, 6) is 1.60. The van der Waals surface area contributed by atoms with E-state index in [1.165, 1.54) is 6.42 Å². The van der Waals surface area contributed by atoms with Crippen molar-refractivity contribution in [1.29, 1.82) is 0 Å². The molecule has 0 saturated carbocycles. The molecular weight excluding hydrogens is 264 g/mol. The first-order valence-corrected chi connectivity index (χ1v) is 8.02. The fourth-order valence-electron chi connectivity index (χ4n) is 3.29. The van der Waals surface area contributed by atoms with Gasteiger partial charge in [0.25, 0.3) is 0 Å². The van der Waals surface area contributed by atoms with E-state index in [4.69, 9.17) is 0 Å². The lowest BCUT2D eigenvalue weighted by Crippen LogP contribution is -2.42. The number of carbonyl (C=O) groups is 1. The smallest absolute Gasteiger partial charge is 0.236 e. The van der Waals surface area contributed by atoms with Crippen LogP contribution in [-0.4, -0.2) is 58.4 Å². The maximum absolute atomic E-state index is 12.3. The average Bonchev–Trinajstić information content (AvgIpc) is 2.97. The van der Waals surface area contributed by atoms with Gasteiger partial charge in [0.2, 0.25) is 5.91 Å². The predicted octanol–water partition coefficient (Wildman–Crippen LogP) is 1.59. The van der Waals surface area contributed by atoms with E-state index in [0.29, 0.717) is 18.4 Å². The van der Waals surface area contributed by atoms with Gasteiger partial charge in [0.05, 0.1) is 6.54 Å². The monoisotopic (exact) mass is 288 g/mol. The van der Waals surface area contributed by atoms with Crippen LogP contribution in [0.25, 0.3) is 0 Å².